The predicted molar refractivity (Wildman–Crippen MR) is 70.8 cm³/mol. The molecular formula is C14H18FN3. The van der Waals surface area contributed by atoms with E-state index in [0.717, 1.165) is 24.2 Å². The monoisotopic (exact) mass is 247 g/mol. The fourth-order valence-electron chi connectivity index (χ4n) is 3.00. The summed E-state index contributed by atoms with van der Waals surface area (Å²) in [6, 6.07) is 7.41. The second-order valence-corrected chi connectivity index (χ2v) is 5.02. The molecule has 2 unspecified atom stereocenters. The summed E-state index contributed by atoms with van der Waals surface area (Å²) in [5.41, 5.74) is 7.88. The van der Waals surface area contributed by atoms with E-state index in [1.54, 1.807) is 6.07 Å². The third-order valence-corrected chi connectivity index (χ3v) is 4.04. The lowest BCUT2D eigenvalue weighted by molar-refractivity contribution is 0.455. The summed E-state index contributed by atoms with van der Waals surface area (Å²) < 4.78 is 15.9. The molecule has 1 aromatic carbocycles. The standard InChI is InChI=1S/C14H18FN3/c1-18-12-4-2-3-11(15)10(12)7-13(18)14-9(8-16)5-6-17-14/h2-4,7,9,14,17H,5-6,8,16H2,1H3. The number of rotatable bonds is 2. The van der Waals surface area contributed by atoms with Gasteiger partial charge in [-0.3, -0.25) is 0 Å². The van der Waals surface area contributed by atoms with E-state index < -0.39 is 0 Å². The SMILES string of the molecule is Cn1c(C2NCCC2CN)cc2c(F)cccc21. The van der Waals surface area contributed by atoms with Gasteiger partial charge in [-0.15, -0.1) is 0 Å². The quantitative estimate of drug-likeness (QED) is 0.851. The molecule has 18 heavy (non-hydrogen) atoms. The molecule has 3 N–H and O–H groups in total. The van der Waals surface area contributed by atoms with Gasteiger partial charge in [0.1, 0.15) is 5.82 Å². The molecular weight excluding hydrogens is 229 g/mol. The Kier molecular flexibility index (Phi) is 2.84. The molecule has 2 atom stereocenters. The second kappa shape index (κ2) is 4.37. The third kappa shape index (κ3) is 1.64. The number of benzene rings is 1. The van der Waals surface area contributed by atoms with Crippen molar-refractivity contribution in [1.29, 1.82) is 0 Å². The van der Waals surface area contributed by atoms with E-state index in [9.17, 15) is 4.39 Å². The summed E-state index contributed by atoms with van der Waals surface area (Å²) >= 11 is 0. The van der Waals surface area contributed by atoms with Gasteiger partial charge in [0, 0.05) is 18.1 Å². The van der Waals surface area contributed by atoms with E-state index in [0.29, 0.717) is 17.8 Å². The lowest BCUT2D eigenvalue weighted by atomic mass is 9.98. The van der Waals surface area contributed by atoms with Crippen LogP contribution in [0.5, 0.6) is 0 Å². The Morgan fingerprint density at radius 3 is 3.06 bits per heavy atom. The second-order valence-electron chi connectivity index (χ2n) is 5.02. The highest BCUT2D eigenvalue weighted by Crippen LogP contribution is 2.32. The number of hydrogen-bond donors (Lipinski definition) is 2. The molecule has 2 heterocycles. The Hall–Kier alpha value is -1.39. The highest BCUT2D eigenvalue weighted by molar-refractivity contribution is 5.82. The summed E-state index contributed by atoms with van der Waals surface area (Å²) in [5.74, 6) is 0.285. The van der Waals surface area contributed by atoms with Crippen LogP contribution in [0.1, 0.15) is 18.2 Å². The first-order chi connectivity index (χ1) is 8.72. The summed E-state index contributed by atoms with van der Waals surface area (Å²) in [7, 11) is 1.99. The Labute approximate surface area is 106 Å². The highest BCUT2D eigenvalue weighted by Gasteiger charge is 2.29. The van der Waals surface area contributed by atoms with Crippen molar-refractivity contribution in [1.82, 2.24) is 9.88 Å². The number of nitrogens with two attached hydrogens (primary N) is 1. The Morgan fingerprint density at radius 2 is 2.33 bits per heavy atom. The van der Waals surface area contributed by atoms with Gasteiger partial charge in [0.25, 0.3) is 0 Å². The first-order valence-corrected chi connectivity index (χ1v) is 6.39. The lowest BCUT2D eigenvalue weighted by Crippen LogP contribution is -2.25. The van der Waals surface area contributed by atoms with Crippen LogP contribution in [0.15, 0.2) is 24.3 Å². The summed E-state index contributed by atoms with van der Waals surface area (Å²) in [5, 5.41) is 4.17. The van der Waals surface area contributed by atoms with Crippen molar-refractivity contribution in [3.8, 4) is 0 Å². The van der Waals surface area contributed by atoms with Crippen LogP contribution >= 0.6 is 0 Å². The van der Waals surface area contributed by atoms with E-state index in [1.807, 2.05) is 19.2 Å². The van der Waals surface area contributed by atoms with Crippen LogP contribution in [0.2, 0.25) is 0 Å². The molecule has 1 aliphatic heterocycles. The molecule has 1 fully saturated rings. The van der Waals surface area contributed by atoms with Gasteiger partial charge in [0.05, 0.1) is 11.6 Å². The summed E-state index contributed by atoms with van der Waals surface area (Å²) in [6.07, 6.45) is 1.09. The van der Waals surface area contributed by atoms with E-state index in [2.05, 4.69) is 9.88 Å². The van der Waals surface area contributed by atoms with Crippen molar-refractivity contribution < 1.29 is 4.39 Å². The normalized spacial score (nSPS) is 23.9. The fourth-order valence-corrected chi connectivity index (χ4v) is 3.00. The maximum Gasteiger partial charge on any atom is 0.132 e. The molecule has 3 nitrogen and oxygen atoms in total. The molecule has 1 saturated heterocycles. The number of halogens is 1. The van der Waals surface area contributed by atoms with Crippen LogP contribution in [0.3, 0.4) is 0 Å². The maximum absolute atomic E-state index is 13.8. The van der Waals surface area contributed by atoms with Gasteiger partial charge in [-0.1, -0.05) is 6.07 Å². The zero-order chi connectivity index (χ0) is 12.7. The Balaban J connectivity index is 2.12. The van der Waals surface area contributed by atoms with E-state index in [-0.39, 0.29) is 11.9 Å². The molecule has 0 amide bonds. The molecule has 0 spiro atoms. The van der Waals surface area contributed by atoms with Gasteiger partial charge in [0.2, 0.25) is 0 Å². The topological polar surface area (TPSA) is 43.0 Å². The number of fused-ring (bicyclic) bond motifs is 1. The minimum atomic E-state index is -0.156. The van der Waals surface area contributed by atoms with E-state index >= 15 is 0 Å². The number of nitrogens with one attached hydrogen (secondary N) is 1. The maximum atomic E-state index is 13.8. The van der Waals surface area contributed by atoms with Gasteiger partial charge < -0.3 is 15.6 Å². The smallest absolute Gasteiger partial charge is 0.132 e. The van der Waals surface area contributed by atoms with Gasteiger partial charge in [-0.05, 0) is 43.6 Å². The first kappa shape index (κ1) is 11.7. The number of aromatic nitrogens is 1. The van der Waals surface area contributed by atoms with Crippen molar-refractivity contribution in [2.45, 2.75) is 12.5 Å². The van der Waals surface area contributed by atoms with Crippen LogP contribution < -0.4 is 11.1 Å². The van der Waals surface area contributed by atoms with E-state index in [4.69, 9.17) is 5.73 Å². The van der Waals surface area contributed by atoms with Crippen molar-refractivity contribution in [2.75, 3.05) is 13.1 Å². The van der Waals surface area contributed by atoms with E-state index in [1.165, 1.54) is 6.07 Å². The molecule has 2 aromatic rings. The van der Waals surface area contributed by atoms with Crippen LogP contribution in [0, 0.1) is 11.7 Å². The minimum absolute atomic E-state index is 0.156. The molecule has 0 bridgehead atoms. The Morgan fingerprint density at radius 1 is 1.50 bits per heavy atom. The van der Waals surface area contributed by atoms with Gasteiger partial charge in [-0.25, -0.2) is 4.39 Å². The van der Waals surface area contributed by atoms with Crippen molar-refractivity contribution in [3.63, 3.8) is 0 Å². The molecule has 96 valence electrons. The largest absolute Gasteiger partial charge is 0.346 e. The number of aryl methyl sites for hydroxylation is 1. The minimum Gasteiger partial charge on any atom is -0.346 e. The van der Waals surface area contributed by atoms with Crippen LogP contribution in [0.25, 0.3) is 10.9 Å². The molecule has 1 aliphatic rings. The molecule has 0 saturated carbocycles. The summed E-state index contributed by atoms with van der Waals surface area (Å²) in [6.45, 7) is 1.65. The fraction of sp³-hybridized carbons (Fsp3) is 0.429. The van der Waals surface area contributed by atoms with Crippen molar-refractivity contribution >= 4 is 10.9 Å². The average molecular weight is 247 g/mol. The van der Waals surface area contributed by atoms with Crippen molar-refractivity contribution in [3.05, 3.63) is 35.8 Å². The molecule has 1 aromatic heterocycles. The van der Waals surface area contributed by atoms with Crippen LogP contribution in [-0.2, 0) is 7.05 Å². The van der Waals surface area contributed by atoms with Gasteiger partial charge in [0.15, 0.2) is 0 Å². The van der Waals surface area contributed by atoms with Crippen molar-refractivity contribution in [2.24, 2.45) is 18.7 Å². The Bertz CT molecular complexity index is 576. The van der Waals surface area contributed by atoms with Gasteiger partial charge >= 0.3 is 0 Å². The summed E-state index contributed by atoms with van der Waals surface area (Å²) in [4.78, 5) is 0. The van der Waals surface area contributed by atoms with Gasteiger partial charge in [-0.2, -0.15) is 0 Å². The molecule has 0 radical (unpaired) electrons. The van der Waals surface area contributed by atoms with Crippen LogP contribution in [0.4, 0.5) is 4.39 Å². The molecule has 3 rings (SSSR count). The predicted octanol–water partition coefficient (Wildman–Crippen LogP) is 1.93. The average Bonchev–Trinajstić information content (AvgIpc) is 2.95. The number of nitrogens with zero attached hydrogens (tertiary/aromatic N) is 1. The molecule has 0 aliphatic carbocycles. The highest BCUT2D eigenvalue weighted by atomic mass is 19.1. The number of hydrogen-bond acceptors (Lipinski definition) is 2. The lowest BCUT2D eigenvalue weighted by Gasteiger charge is -2.19. The van der Waals surface area contributed by atoms with Crippen LogP contribution in [-0.4, -0.2) is 17.7 Å². The zero-order valence-corrected chi connectivity index (χ0v) is 10.5. The zero-order valence-electron chi connectivity index (χ0n) is 10.5. The first-order valence-electron chi connectivity index (χ1n) is 6.39. The third-order valence-electron chi connectivity index (χ3n) is 4.04. The molecule has 4 heteroatoms.